The number of anilines is 2. The molecule has 0 saturated heterocycles. The Labute approximate surface area is 215 Å². The fourth-order valence-electron chi connectivity index (χ4n) is 3.91. The van der Waals surface area contributed by atoms with Crippen molar-refractivity contribution in [2.45, 2.75) is 12.6 Å². The Morgan fingerprint density at radius 1 is 1.33 bits per heavy atom. The van der Waals surface area contributed by atoms with E-state index < -0.39 is 12.0 Å². The topological polar surface area (TPSA) is 105 Å². The zero-order chi connectivity index (χ0) is 25.4. The number of methoxy groups -OCH3 is 1. The highest BCUT2D eigenvalue weighted by Gasteiger charge is 2.32. The van der Waals surface area contributed by atoms with Gasteiger partial charge in [-0.3, -0.25) is 9.48 Å². The van der Waals surface area contributed by atoms with Crippen LogP contribution in [-0.2, 0) is 13.5 Å². The van der Waals surface area contributed by atoms with Gasteiger partial charge in [-0.1, -0.05) is 11.6 Å². The number of aliphatic hydroxyl groups excluding tert-OH is 1. The average Bonchev–Trinajstić information content (AvgIpc) is 3.46. The molecule has 4 heterocycles. The Kier molecular flexibility index (Phi) is 6.61. The van der Waals surface area contributed by atoms with Gasteiger partial charge in [-0.2, -0.15) is 5.10 Å². The van der Waals surface area contributed by atoms with Crippen molar-refractivity contribution in [3.8, 4) is 16.3 Å². The van der Waals surface area contributed by atoms with E-state index >= 15 is 0 Å². The third-order valence-corrected chi connectivity index (χ3v) is 7.19. The molecule has 1 aliphatic heterocycles. The lowest BCUT2D eigenvalue weighted by molar-refractivity contribution is 0.0232. The molecule has 1 radical (unpaired) electrons. The standard InChI is InChI=1S/C24H21ClFN6O3S/c1-31-20(3-5-28-31)29-24-27-12-17(25)22(30-24)19-11-16-18(36-19)4-6-32(23(16)34)21(33)9-13-7-14(26)10-15(8-13)35-2/h3,5,7-12,21,33H,4,6H2,1-2H3,(H,27,29,30)/t21-/m0/s1. The maximum Gasteiger partial charge on any atom is 0.257 e. The number of benzene rings is 1. The number of ether oxygens (including phenoxy) is 1. The van der Waals surface area contributed by atoms with Crippen molar-refractivity contribution >= 4 is 40.6 Å². The number of hydrogen-bond acceptors (Lipinski definition) is 8. The van der Waals surface area contributed by atoms with Crippen LogP contribution >= 0.6 is 22.9 Å². The summed E-state index contributed by atoms with van der Waals surface area (Å²) < 4.78 is 20.6. The highest BCUT2D eigenvalue weighted by atomic mass is 35.5. The Morgan fingerprint density at radius 3 is 2.92 bits per heavy atom. The molecule has 1 atom stereocenters. The van der Waals surface area contributed by atoms with Crippen LogP contribution in [0.1, 0.15) is 20.8 Å². The minimum Gasteiger partial charge on any atom is -0.497 e. The van der Waals surface area contributed by atoms with E-state index in [1.165, 1.54) is 48.1 Å². The fraction of sp³-hybridized carbons (Fsp3) is 0.208. The van der Waals surface area contributed by atoms with Crippen molar-refractivity contribution in [3.05, 3.63) is 76.0 Å². The highest BCUT2D eigenvalue weighted by Crippen LogP contribution is 2.37. The average molecular weight is 528 g/mol. The number of carbonyl (C=O) groups excluding carboxylic acids is 1. The number of fused-ring (bicyclic) bond motifs is 1. The number of carbonyl (C=O) groups is 1. The van der Waals surface area contributed by atoms with Crippen LogP contribution in [0.15, 0.2) is 42.7 Å². The van der Waals surface area contributed by atoms with Crippen LogP contribution in [0.25, 0.3) is 10.6 Å². The van der Waals surface area contributed by atoms with Crippen molar-refractivity contribution in [2.24, 2.45) is 7.05 Å². The van der Waals surface area contributed by atoms with Crippen LogP contribution in [-0.4, -0.2) is 55.5 Å². The lowest BCUT2D eigenvalue weighted by atomic mass is 10.0. The van der Waals surface area contributed by atoms with E-state index in [-0.39, 0.29) is 5.91 Å². The van der Waals surface area contributed by atoms with E-state index in [0.29, 0.717) is 57.2 Å². The number of rotatable bonds is 7. The van der Waals surface area contributed by atoms with Crippen molar-refractivity contribution in [2.75, 3.05) is 19.0 Å². The molecule has 2 N–H and O–H groups in total. The molecule has 1 aromatic carbocycles. The summed E-state index contributed by atoms with van der Waals surface area (Å²) >= 11 is 7.83. The molecule has 0 fully saturated rings. The third-order valence-electron chi connectivity index (χ3n) is 5.71. The third kappa shape index (κ3) is 4.77. The van der Waals surface area contributed by atoms with E-state index in [4.69, 9.17) is 16.3 Å². The number of thiophene rings is 1. The first kappa shape index (κ1) is 24.2. The molecule has 5 rings (SSSR count). The zero-order valence-electron chi connectivity index (χ0n) is 19.3. The van der Waals surface area contributed by atoms with E-state index in [1.54, 1.807) is 36.1 Å². The van der Waals surface area contributed by atoms with Crippen molar-refractivity contribution < 1.29 is 19.0 Å². The molecule has 185 valence electrons. The molecule has 0 unspecified atom stereocenters. The summed E-state index contributed by atoms with van der Waals surface area (Å²) in [5.74, 6) is 0.543. The summed E-state index contributed by atoms with van der Waals surface area (Å²) in [6.07, 6.45) is 3.88. The van der Waals surface area contributed by atoms with Crippen LogP contribution in [0.5, 0.6) is 5.75 Å². The molecule has 36 heavy (non-hydrogen) atoms. The lowest BCUT2D eigenvalue weighted by Crippen LogP contribution is -2.44. The van der Waals surface area contributed by atoms with Gasteiger partial charge < -0.3 is 20.1 Å². The van der Waals surface area contributed by atoms with Gasteiger partial charge in [0, 0.05) is 43.4 Å². The molecule has 0 saturated carbocycles. The smallest absolute Gasteiger partial charge is 0.257 e. The normalized spacial score (nSPS) is 14.0. The summed E-state index contributed by atoms with van der Waals surface area (Å²) in [5, 5.41) is 18.3. The number of amides is 1. The maximum atomic E-state index is 13.8. The first-order chi connectivity index (χ1) is 17.3. The summed E-state index contributed by atoms with van der Waals surface area (Å²) in [6.45, 7) is 0.306. The van der Waals surface area contributed by atoms with E-state index in [9.17, 15) is 14.3 Å². The molecule has 0 bridgehead atoms. The molecule has 0 aliphatic carbocycles. The van der Waals surface area contributed by atoms with Crippen LogP contribution in [0.2, 0.25) is 5.02 Å². The summed E-state index contributed by atoms with van der Waals surface area (Å²) in [4.78, 5) is 25.0. The second-order valence-electron chi connectivity index (χ2n) is 8.06. The number of nitrogens with zero attached hydrogens (tertiary/aromatic N) is 5. The van der Waals surface area contributed by atoms with E-state index in [0.717, 1.165) is 4.88 Å². The molecule has 1 aliphatic rings. The van der Waals surface area contributed by atoms with Crippen molar-refractivity contribution in [3.63, 3.8) is 0 Å². The molecule has 4 aromatic rings. The van der Waals surface area contributed by atoms with Gasteiger partial charge in [0.1, 0.15) is 29.3 Å². The van der Waals surface area contributed by atoms with Gasteiger partial charge in [-0.25, -0.2) is 14.4 Å². The Bertz CT molecular complexity index is 1440. The Balaban J connectivity index is 1.37. The van der Waals surface area contributed by atoms with Crippen molar-refractivity contribution in [1.82, 2.24) is 24.6 Å². The quantitative estimate of drug-likeness (QED) is 0.373. The van der Waals surface area contributed by atoms with Gasteiger partial charge in [-0.15, -0.1) is 11.3 Å². The Hall–Kier alpha value is -3.54. The molecular formula is C24H21ClFN6O3S. The van der Waals surface area contributed by atoms with Crippen molar-refractivity contribution in [1.29, 1.82) is 0 Å². The molecule has 1 amide bonds. The van der Waals surface area contributed by atoms with E-state index in [2.05, 4.69) is 20.4 Å². The summed E-state index contributed by atoms with van der Waals surface area (Å²) in [6, 6.07) is 7.61. The number of aryl methyl sites for hydroxylation is 1. The summed E-state index contributed by atoms with van der Waals surface area (Å²) in [5.41, 5.74) is 1.38. The number of hydrogen-bond donors (Lipinski definition) is 2. The van der Waals surface area contributed by atoms with Gasteiger partial charge in [0.05, 0.1) is 35.0 Å². The minimum absolute atomic E-state index is 0.306. The largest absolute Gasteiger partial charge is 0.497 e. The van der Waals surface area contributed by atoms with E-state index in [1.807, 2.05) is 0 Å². The second-order valence-corrected chi connectivity index (χ2v) is 9.60. The van der Waals surface area contributed by atoms with Crippen LogP contribution in [0.4, 0.5) is 16.2 Å². The molecule has 3 aromatic heterocycles. The van der Waals surface area contributed by atoms with Gasteiger partial charge >= 0.3 is 0 Å². The first-order valence-corrected chi connectivity index (χ1v) is 12.1. The minimum atomic E-state index is -1.24. The van der Waals surface area contributed by atoms with Crippen LogP contribution in [0.3, 0.4) is 0 Å². The molecule has 0 spiro atoms. The first-order valence-electron chi connectivity index (χ1n) is 10.9. The predicted molar refractivity (Wildman–Crippen MR) is 134 cm³/mol. The fourth-order valence-corrected chi connectivity index (χ4v) is 5.31. The number of halogens is 2. The van der Waals surface area contributed by atoms with Gasteiger partial charge in [0.2, 0.25) is 5.95 Å². The number of nitrogens with one attached hydrogen (secondary N) is 1. The number of aliphatic hydroxyl groups is 1. The van der Waals surface area contributed by atoms with Gasteiger partial charge in [-0.05, 0) is 23.8 Å². The predicted octanol–water partition coefficient (Wildman–Crippen LogP) is 4.05. The summed E-state index contributed by atoms with van der Waals surface area (Å²) in [7, 11) is 3.22. The van der Waals surface area contributed by atoms with Gasteiger partial charge in [0.15, 0.2) is 0 Å². The molecule has 9 nitrogen and oxygen atoms in total. The highest BCUT2D eigenvalue weighted by molar-refractivity contribution is 7.16. The Morgan fingerprint density at radius 2 is 2.17 bits per heavy atom. The maximum absolute atomic E-state index is 13.8. The zero-order valence-corrected chi connectivity index (χ0v) is 20.8. The monoisotopic (exact) mass is 527 g/mol. The SMILES string of the molecule is COc1cc(F)cc([CH][C@H](O)N2CCc3sc(-c4nc(Nc5ccnn5C)ncc4Cl)cc3C2=O)c1. The van der Waals surface area contributed by atoms with Crippen LogP contribution in [0, 0.1) is 12.2 Å². The molecular weight excluding hydrogens is 507 g/mol. The second kappa shape index (κ2) is 9.84. The number of aromatic nitrogens is 4. The lowest BCUT2D eigenvalue weighted by Gasteiger charge is -2.31. The molecule has 12 heteroatoms. The van der Waals surface area contributed by atoms with Crippen LogP contribution < -0.4 is 10.1 Å². The van der Waals surface area contributed by atoms with Gasteiger partial charge in [0.25, 0.3) is 5.91 Å².